The van der Waals surface area contributed by atoms with E-state index in [-0.39, 0.29) is 12.5 Å². The van der Waals surface area contributed by atoms with Crippen molar-refractivity contribution in [3.63, 3.8) is 0 Å². The van der Waals surface area contributed by atoms with Crippen LogP contribution in [0.2, 0.25) is 0 Å². The van der Waals surface area contributed by atoms with E-state index in [1.807, 2.05) is 30.3 Å². The zero-order valence-electron chi connectivity index (χ0n) is 9.85. The smallest absolute Gasteiger partial charge is 0.407 e. The van der Waals surface area contributed by atoms with E-state index in [9.17, 15) is 0 Å². The summed E-state index contributed by atoms with van der Waals surface area (Å²) in [6.45, 7) is 5.78. The van der Waals surface area contributed by atoms with Gasteiger partial charge in [-0.3, -0.25) is 0 Å². The third-order valence-electron chi connectivity index (χ3n) is 2.52. The maximum absolute atomic E-state index is 5.61. The molecule has 84 valence electrons. The van der Waals surface area contributed by atoms with Gasteiger partial charge in [0, 0.05) is 18.6 Å². The van der Waals surface area contributed by atoms with Crippen molar-refractivity contribution in [1.29, 1.82) is 0 Å². The molecule has 0 aliphatic carbocycles. The molecule has 1 aliphatic heterocycles. The van der Waals surface area contributed by atoms with Crippen molar-refractivity contribution in [2.75, 3.05) is 13.2 Å². The fourth-order valence-corrected chi connectivity index (χ4v) is 1.57. The highest BCUT2D eigenvalue weighted by molar-refractivity contribution is 6.51. The SMILES string of the molecule is CC1(C)COB(/C=C/c2ccccc2)OC1. The third kappa shape index (κ3) is 3.22. The first kappa shape index (κ1) is 11.4. The molecule has 1 aromatic carbocycles. The van der Waals surface area contributed by atoms with Gasteiger partial charge in [-0.05, 0) is 5.56 Å². The van der Waals surface area contributed by atoms with Gasteiger partial charge < -0.3 is 9.31 Å². The summed E-state index contributed by atoms with van der Waals surface area (Å²) >= 11 is 0. The normalized spacial score (nSPS) is 20.2. The fourth-order valence-electron chi connectivity index (χ4n) is 1.57. The fraction of sp³-hybridized carbons (Fsp3) is 0.385. The Morgan fingerprint density at radius 2 is 1.75 bits per heavy atom. The number of hydrogen-bond acceptors (Lipinski definition) is 2. The molecule has 0 bridgehead atoms. The predicted molar refractivity (Wildman–Crippen MR) is 66.9 cm³/mol. The lowest BCUT2D eigenvalue weighted by Gasteiger charge is -2.31. The Balaban J connectivity index is 1.90. The van der Waals surface area contributed by atoms with Crippen molar-refractivity contribution >= 4 is 13.2 Å². The highest BCUT2D eigenvalue weighted by atomic mass is 16.6. The van der Waals surface area contributed by atoms with E-state index in [0.29, 0.717) is 0 Å². The molecule has 2 nitrogen and oxygen atoms in total. The largest absolute Gasteiger partial charge is 0.486 e. The average Bonchev–Trinajstić information content (AvgIpc) is 2.29. The molecule has 0 aromatic heterocycles. The van der Waals surface area contributed by atoms with Gasteiger partial charge in [0.2, 0.25) is 0 Å². The number of rotatable bonds is 2. The van der Waals surface area contributed by atoms with Crippen LogP contribution in [0.1, 0.15) is 19.4 Å². The van der Waals surface area contributed by atoms with Crippen LogP contribution in [-0.2, 0) is 9.31 Å². The summed E-state index contributed by atoms with van der Waals surface area (Å²) in [7, 11) is -0.201. The molecule has 1 heterocycles. The summed E-state index contributed by atoms with van der Waals surface area (Å²) in [4.78, 5) is 0. The summed E-state index contributed by atoms with van der Waals surface area (Å²) in [5, 5.41) is 0. The highest BCUT2D eigenvalue weighted by Crippen LogP contribution is 2.21. The van der Waals surface area contributed by atoms with Gasteiger partial charge in [0.05, 0.1) is 0 Å². The van der Waals surface area contributed by atoms with Gasteiger partial charge in [-0.15, -0.1) is 0 Å². The van der Waals surface area contributed by atoms with Crippen LogP contribution in [0.15, 0.2) is 36.3 Å². The van der Waals surface area contributed by atoms with Crippen LogP contribution < -0.4 is 0 Å². The quantitative estimate of drug-likeness (QED) is 0.707. The first-order valence-corrected chi connectivity index (χ1v) is 5.62. The topological polar surface area (TPSA) is 18.5 Å². The first-order chi connectivity index (χ1) is 7.66. The molecule has 1 saturated heterocycles. The van der Waals surface area contributed by atoms with E-state index in [0.717, 1.165) is 13.2 Å². The van der Waals surface area contributed by atoms with Crippen LogP contribution in [0.4, 0.5) is 0 Å². The molecule has 0 saturated carbocycles. The Morgan fingerprint density at radius 3 is 2.38 bits per heavy atom. The van der Waals surface area contributed by atoms with E-state index >= 15 is 0 Å². The minimum absolute atomic E-state index is 0.136. The van der Waals surface area contributed by atoms with Gasteiger partial charge in [-0.2, -0.15) is 0 Å². The molecule has 0 spiro atoms. The van der Waals surface area contributed by atoms with Crippen molar-refractivity contribution in [3.05, 3.63) is 41.9 Å². The minimum atomic E-state index is -0.201. The van der Waals surface area contributed by atoms with Crippen molar-refractivity contribution in [3.8, 4) is 0 Å². The molecule has 16 heavy (non-hydrogen) atoms. The van der Waals surface area contributed by atoms with E-state index < -0.39 is 0 Å². The molecule has 0 unspecified atom stereocenters. The summed E-state index contributed by atoms with van der Waals surface area (Å²) in [6.07, 6.45) is 2.03. The molecule has 0 atom stereocenters. The average molecular weight is 216 g/mol. The van der Waals surface area contributed by atoms with Crippen molar-refractivity contribution in [1.82, 2.24) is 0 Å². The second kappa shape index (κ2) is 4.85. The molecule has 0 radical (unpaired) electrons. The van der Waals surface area contributed by atoms with Gasteiger partial charge >= 0.3 is 7.12 Å². The zero-order chi connectivity index (χ0) is 11.4. The maximum atomic E-state index is 5.61. The Morgan fingerprint density at radius 1 is 1.12 bits per heavy atom. The molecular formula is C13H17BO2. The minimum Gasteiger partial charge on any atom is -0.407 e. The predicted octanol–water partition coefficient (Wildman–Crippen LogP) is 2.80. The van der Waals surface area contributed by atoms with Crippen LogP contribution in [-0.4, -0.2) is 20.3 Å². The van der Waals surface area contributed by atoms with Crippen LogP contribution in [0.5, 0.6) is 0 Å². The first-order valence-electron chi connectivity index (χ1n) is 5.62. The number of hydrogen-bond donors (Lipinski definition) is 0. The molecule has 1 aromatic rings. The Labute approximate surface area is 97.4 Å². The summed E-state index contributed by atoms with van der Waals surface area (Å²) in [5.74, 6) is 1.96. The molecule has 0 amide bonds. The lowest BCUT2D eigenvalue weighted by Crippen LogP contribution is -2.39. The van der Waals surface area contributed by atoms with E-state index in [1.54, 1.807) is 0 Å². The lowest BCUT2D eigenvalue weighted by atomic mass is 9.83. The molecule has 0 N–H and O–H groups in total. The summed E-state index contributed by atoms with van der Waals surface area (Å²) < 4.78 is 11.2. The number of benzene rings is 1. The second-order valence-corrected chi connectivity index (χ2v) is 4.92. The van der Waals surface area contributed by atoms with Crippen LogP contribution in [0.25, 0.3) is 6.08 Å². The van der Waals surface area contributed by atoms with Crippen molar-refractivity contribution < 1.29 is 9.31 Å². The van der Waals surface area contributed by atoms with E-state index in [4.69, 9.17) is 9.31 Å². The summed E-state index contributed by atoms with van der Waals surface area (Å²) in [6, 6.07) is 10.2. The van der Waals surface area contributed by atoms with Crippen molar-refractivity contribution in [2.45, 2.75) is 13.8 Å². The van der Waals surface area contributed by atoms with E-state index in [2.05, 4.69) is 26.0 Å². The maximum Gasteiger partial charge on any atom is 0.486 e. The van der Waals surface area contributed by atoms with Gasteiger partial charge in [-0.25, -0.2) is 0 Å². The monoisotopic (exact) mass is 216 g/mol. The van der Waals surface area contributed by atoms with Gasteiger partial charge in [0.15, 0.2) is 0 Å². The van der Waals surface area contributed by atoms with Gasteiger partial charge in [-0.1, -0.05) is 56.2 Å². The van der Waals surface area contributed by atoms with Crippen LogP contribution in [0.3, 0.4) is 0 Å². The molecule has 1 fully saturated rings. The second-order valence-electron chi connectivity index (χ2n) is 4.92. The molecule has 3 heteroatoms. The standard InChI is InChI=1S/C13H17BO2/c1-13(2)10-15-14(16-11-13)9-8-12-6-4-3-5-7-12/h3-9H,10-11H2,1-2H3/b9-8+. The Hall–Kier alpha value is -1.06. The molecule has 2 rings (SSSR count). The Kier molecular flexibility index (Phi) is 3.47. The molecule has 1 aliphatic rings. The van der Waals surface area contributed by atoms with E-state index in [1.165, 1.54) is 5.56 Å². The van der Waals surface area contributed by atoms with Gasteiger partial charge in [0.25, 0.3) is 0 Å². The van der Waals surface area contributed by atoms with Crippen molar-refractivity contribution in [2.24, 2.45) is 5.41 Å². The van der Waals surface area contributed by atoms with Crippen LogP contribution in [0, 0.1) is 5.41 Å². The van der Waals surface area contributed by atoms with Gasteiger partial charge in [0.1, 0.15) is 0 Å². The third-order valence-corrected chi connectivity index (χ3v) is 2.52. The summed E-state index contributed by atoms with van der Waals surface area (Å²) in [5.41, 5.74) is 1.30. The Bertz CT molecular complexity index is 349. The zero-order valence-corrected chi connectivity index (χ0v) is 9.85. The highest BCUT2D eigenvalue weighted by Gasteiger charge is 2.30. The van der Waals surface area contributed by atoms with Crippen LogP contribution >= 0.6 is 0 Å². The molecular weight excluding hydrogens is 199 g/mol. The lowest BCUT2D eigenvalue weighted by molar-refractivity contribution is 0.0337.